The van der Waals surface area contributed by atoms with Crippen molar-refractivity contribution in [1.82, 2.24) is 21.0 Å². The largest absolute Gasteiger partial charge is 0.493 e. The van der Waals surface area contributed by atoms with Gasteiger partial charge < -0.3 is 34.6 Å². The highest BCUT2D eigenvalue weighted by Crippen LogP contribution is 2.30. The molecule has 1 heterocycles. The number of nitrogens with zero attached hydrogens (tertiary/aromatic N) is 1. The van der Waals surface area contributed by atoms with E-state index in [1.54, 1.807) is 79.7 Å². The molecule has 65 heavy (non-hydrogen) atoms. The van der Waals surface area contributed by atoms with Gasteiger partial charge in [-0.2, -0.15) is 0 Å². The van der Waals surface area contributed by atoms with Gasteiger partial charge in [0.05, 0.1) is 37.2 Å². The number of hydrogen-bond donors (Lipinski definition) is 3. The maximum Gasteiger partial charge on any atom is 0.334 e. The number of ether oxygens (including phenoxy) is 3. The number of furan rings is 1. The number of nitrogens with one attached hydrogen (secondary N) is 3. The van der Waals surface area contributed by atoms with E-state index in [4.69, 9.17) is 23.5 Å². The molecule has 0 aliphatic rings. The highest BCUT2D eigenvalue weighted by molar-refractivity contribution is 6.00. The Morgan fingerprint density at radius 2 is 1.43 bits per heavy atom. The van der Waals surface area contributed by atoms with E-state index < -0.39 is 48.2 Å². The molecule has 0 spiro atoms. The van der Waals surface area contributed by atoms with E-state index in [1.807, 2.05) is 43.3 Å². The summed E-state index contributed by atoms with van der Waals surface area (Å²) in [6, 6.07) is 32.4. The number of amides is 4. The minimum Gasteiger partial charge on any atom is -0.493 e. The van der Waals surface area contributed by atoms with E-state index in [2.05, 4.69) is 22.9 Å². The van der Waals surface area contributed by atoms with Crippen LogP contribution >= 0.6 is 0 Å². The molecule has 3 atom stereocenters. The third kappa shape index (κ3) is 14.9. The van der Waals surface area contributed by atoms with Gasteiger partial charge in [-0.25, -0.2) is 9.86 Å². The molecular weight excluding hydrogens is 833 g/mol. The summed E-state index contributed by atoms with van der Waals surface area (Å²) >= 11 is 0. The van der Waals surface area contributed by atoms with Crippen LogP contribution in [-0.4, -0.2) is 66.5 Å². The van der Waals surface area contributed by atoms with Crippen LogP contribution in [0.3, 0.4) is 0 Å². The lowest BCUT2D eigenvalue weighted by atomic mass is 9.90. The minimum atomic E-state index is -1.42. The zero-order valence-corrected chi connectivity index (χ0v) is 36.9. The molecule has 0 fully saturated rings. The molecule has 1 aromatic heterocycles. The monoisotopic (exact) mass is 888 g/mol. The average molecular weight is 889 g/mol. The van der Waals surface area contributed by atoms with Gasteiger partial charge in [-0.3, -0.25) is 28.8 Å². The number of carbonyl (C=O) groups excluding carboxylic acids is 6. The van der Waals surface area contributed by atoms with Crippen LogP contribution in [0, 0.1) is 5.92 Å². The van der Waals surface area contributed by atoms with Crippen LogP contribution in [0.25, 0.3) is 11.3 Å². The first-order valence-corrected chi connectivity index (χ1v) is 21.7. The van der Waals surface area contributed by atoms with Crippen molar-refractivity contribution in [3.63, 3.8) is 0 Å². The first-order chi connectivity index (χ1) is 31.6. The van der Waals surface area contributed by atoms with Crippen molar-refractivity contribution in [3.8, 4) is 22.8 Å². The molecule has 0 bridgehead atoms. The Hall–Kier alpha value is -7.26. The van der Waals surface area contributed by atoms with Crippen LogP contribution in [0.1, 0.15) is 91.3 Å². The zero-order chi connectivity index (χ0) is 46.4. The maximum atomic E-state index is 13.8. The molecule has 4 aromatic carbocycles. The fourth-order valence-electron chi connectivity index (χ4n) is 6.93. The quantitative estimate of drug-likeness (QED) is 0.0124. The van der Waals surface area contributed by atoms with Gasteiger partial charge in [0, 0.05) is 5.56 Å². The Bertz CT molecular complexity index is 2300. The van der Waals surface area contributed by atoms with Crippen LogP contribution in [-0.2, 0) is 42.0 Å². The number of para-hydroxylation sites is 1. The molecule has 0 saturated heterocycles. The molecule has 0 radical (unpaired) electrons. The molecule has 5 rings (SSSR count). The number of hydroxylamine groups is 2. The van der Waals surface area contributed by atoms with Crippen LogP contribution in [0.15, 0.2) is 126 Å². The Balaban J connectivity index is 1.22. The molecule has 2 unspecified atom stereocenters. The summed E-state index contributed by atoms with van der Waals surface area (Å²) in [4.78, 5) is 84.9. The lowest BCUT2D eigenvalue weighted by Gasteiger charge is -2.32. The van der Waals surface area contributed by atoms with Crippen LogP contribution in [0.2, 0.25) is 0 Å². The van der Waals surface area contributed by atoms with Crippen molar-refractivity contribution >= 4 is 36.1 Å². The standard InChI is InChI=1S/C50H56N4O11/c1-4-7-11-24-39(42(5-2)54(34-55)63-32-36-20-14-9-15-21-36)47(57)51-33-52-49(59)44-28-27-43(65-44)37-25-26-40(45(29-37)61-6-3)48(58)53-41(50(60)64-38-22-16-10-17-23-38)30-46(56)62-31-35-18-12-8-13-19-35/h8-10,12-23,25-29,34,39,41-42H,4-7,11,24,30-33H2,1-3H3,(H,51,57)(H,52,59)(H,53,58)/t39?,41?,42-/m1/s1. The van der Waals surface area contributed by atoms with E-state index in [0.29, 0.717) is 24.8 Å². The third-order valence-electron chi connectivity index (χ3n) is 10.3. The molecular formula is C50H56N4O11. The number of unbranched alkanes of at least 4 members (excludes halogenated alkanes) is 2. The Morgan fingerprint density at radius 3 is 2.08 bits per heavy atom. The lowest BCUT2D eigenvalue weighted by molar-refractivity contribution is -0.200. The van der Waals surface area contributed by atoms with Gasteiger partial charge in [-0.05, 0) is 67.3 Å². The molecule has 15 heteroatoms. The van der Waals surface area contributed by atoms with Crippen molar-refractivity contribution in [3.05, 3.63) is 144 Å². The lowest BCUT2D eigenvalue weighted by Crippen LogP contribution is -2.48. The highest BCUT2D eigenvalue weighted by Gasteiger charge is 2.32. The summed E-state index contributed by atoms with van der Waals surface area (Å²) < 4.78 is 22.6. The van der Waals surface area contributed by atoms with Crippen LogP contribution in [0.5, 0.6) is 11.5 Å². The normalized spacial score (nSPS) is 12.2. The summed E-state index contributed by atoms with van der Waals surface area (Å²) in [7, 11) is 0. The van der Waals surface area contributed by atoms with Gasteiger partial charge in [-0.15, -0.1) is 0 Å². The first kappa shape index (κ1) is 48.8. The summed E-state index contributed by atoms with van der Waals surface area (Å²) in [6.07, 6.45) is 3.70. The Kier molecular flexibility index (Phi) is 19.3. The SMILES string of the molecule is CCCCCC(C(=O)NCNC(=O)c1ccc(-c2ccc(C(=O)NC(CC(=O)OCc3ccccc3)C(=O)Oc3ccccc3)c(OCC)c2)o1)[C@@H](CC)N(C=O)OCc1ccccc1. The summed E-state index contributed by atoms with van der Waals surface area (Å²) in [6.45, 7) is 5.80. The smallest absolute Gasteiger partial charge is 0.334 e. The summed E-state index contributed by atoms with van der Waals surface area (Å²) in [5.74, 6) is -3.23. The summed E-state index contributed by atoms with van der Waals surface area (Å²) in [5, 5.41) is 9.28. The first-order valence-electron chi connectivity index (χ1n) is 21.7. The van der Waals surface area contributed by atoms with Gasteiger partial charge >= 0.3 is 11.9 Å². The molecule has 0 aliphatic heterocycles. The highest BCUT2D eigenvalue weighted by atomic mass is 16.7. The van der Waals surface area contributed by atoms with E-state index in [1.165, 1.54) is 17.2 Å². The van der Waals surface area contributed by atoms with E-state index in [-0.39, 0.29) is 61.0 Å². The third-order valence-corrected chi connectivity index (χ3v) is 10.3. The van der Waals surface area contributed by atoms with Crippen molar-refractivity contribution in [2.45, 2.75) is 84.6 Å². The molecule has 0 aliphatic carbocycles. The van der Waals surface area contributed by atoms with E-state index in [9.17, 15) is 28.8 Å². The Labute approximate surface area is 378 Å². The van der Waals surface area contributed by atoms with Gasteiger partial charge in [0.1, 0.15) is 36.5 Å². The second kappa shape index (κ2) is 25.8. The summed E-state index contributed by atoms with van der Waals surface area (Å²) in [5.41, 5.74) is 2.16. The minimum absolute atomic E-state index is 0.0232. The van der Waals surface area contributed by atoms with Crippen LogP contribution in [0.4, 0.5) is 0 Å². The van der Waals surface area contributed by atoms with E-state index >= 15 is 0 Å². The number of rotatable bonds is 26. The van der Waals surface area contributed by atoms with Crippen molar-refractivity contribution in [1.29, 1.82) is 0 Å². The van der Waals surface area contributed by atoms with E-state index in [0.717, 1.165) is 30.4 Å². The van der Waals surface area contributed by atoms with Gasteiger partial charge in [0.15, 0.2) is 5.76 Å². The van der Waals surface area contributed by atoms with Crippen molar-refractivity contribution in [2.24, 2.45) is 5.92 Å². The van der Waals surface area contributed by atoms with Crippen molar-refractivity contribution in [2.75, 3.05) is 13.3 Å². The van der Waals surface area contributed by atoms with Crippen molar-refractivity contribution < 1.29 is 52.2 Å². The number of hydrogen-bond acceptors (Lipinski definition) is 11. The molecule has 3 N–H and O–H groups in total. The van der Waals surface area contributed by atoms with Gasteiger partial charge in [-0.1, -0.05) is 118 Å². The number of esters is 2. The predicted octanol–water partition coefficient (Wildman–Crippen LogP) is 7.55. The fraction of sp³-hybridized carbons (Fsp3) is 0.320. The molecule has 0 saturated carbocycles. The molecule has 15 nitrogen and oxygen atoms in total. The second-order valence-electron chi connectivity index (χ2n) is 14.9. The zero-order valence-electron chi connectivity index (χ0n) is 36.9. The topological polar surface area (TPSA) is 192 Å². The molecule has 5 aromatic rings. The van der Waals surface area contributed by atoms with Crippen LogP contribution < -0.4 is 25.4 Å². The fourth-order valence-corrected chi connectivity index (χ4v) is 6.93. The van der Waals surface area contributed by atoms with Gasteiger partial charge in [0.2, 0.25) is 12.3 Å². The maximum absolute atomic E-state index is 13.8. The predicted molar refractivity (Wildman–Crippen MR) is 241 cm³/mol. The number of benzene rings is 4. The second-order valence-corrected chi connectivity index (χ2v) is 14.9. The average Bonchev–Trinajstić information content (AvgIpc) is 3.83. The molecule has 342 valence electrons. The number of carbonyl (C=O) groups is 6. The Morgan fingerprint density at radius 1 is 0.754 bits per heavy atom. The molecule has 4 amide bonds. The van der Waals surface area contributed by atoms with Gasteiger partial charge in [0.25, 0.3) is 11.8 Å².